The van der Waals surface area contributed by atoms with Crippen molar-refractivity contribution in [1.82, 2.24) is 24.6 Å². The molecule has 12 N–H and O–H groups in total. The number of hydrogen-bond donors (Lipinski definition) is 4. The van der Waals surface area contributed by atoms with Crippen LogP contribution in [0.1, 0.15) is 0 Å². The van der Waals surface area contributed by atoms with Crippen LogP contribution in [0.3, 0.4) is 0 Å². The van der Waals surface area contributed by atoms with E-state index in [1.165, 1.54) is 0 Å². The van der Waals surface area contributed by atoms with Gasteiger partial charge in [0.05, 0.1) is 15.3 Å². The quantitative estimate of drug-likeness (QED) is 0.278. The van der Waals surface area contributed by atoms with E-state index in [1.807, 2.05) is 0 Å². The summed E-state index contributed by atoms with van der Waals surface area (Å²) >= 11 is 0. The van der Waals surface area contributed by atoms with Crippen LogP contribution in [-0.4, -0.2) is 15.3 Å². The number of hydrogen-bond acceptors (Lipinski definition) is 13. The molecule has 0 aromatic heterocycles. The average Bonchev–Trinajstić information content (AvgIpc) is 1.54. The van der Waals surface area contributed by atoms with E-state index in [0.717, 1.165) is 0 Å². The zero-order valence-electron chi connectivity index (χ0n) is 8.16. The van der Waals surface area contributed by atoms with Crippen molar-refractivity contribution >= 4 is 0 Å². The first-order valence-electron chi connectivity index (χ1n) is 1.64. The molecule has 0 atom stereocenters. The second-order valence-corrected chi connectivity index (χ2v) is 0.671. The molecule has 0 fully saturated rings. The Labute approximate surface area is 108 Å². The van der Waals surface area contributed by atoms with Crippen molar-refractivity contribution in [3.05, 3.63) is 46.0 Å². The molecule has 0 aliphatic heterocycles. The Hall–Kier alpha value is -1.87. The third-order valence-corrected chi connectivity index (χ3v) is 0. The van der Waals surface area contributed by atoms with Gasteiger partial charge in [0.2, 0.25) is 0 Å². The van der Waals surface area contributed by atoms with E-state index in [9.17, 15) is 0 Å². The Kier molecular flexibility index (Phi) is 168. The minimum Gasteiger partial charge on any atom is -0.356 e. The molecule has 17 heavy (non-hydrogen) atoms. The molecule has 0 bridgehead atoms. The summed E-state index contributed by atoms with van der Waals surface area (Å²) in [5, 5.41) is 44.2. The summed E-state index contributed by atoms with van der Waals surface area (Å²) in [6.45, 7) is 0. The largest absolute Gasteiger partial charge is 0.356 e. The number of nitrogens with zero attached hydrogens (tertiary/aromatic N) is 3. The normalized spacial score (nSPS) is 4.24. The van der Waals surface area contributed by atoms with Crippen molar-refractivity contribution < 1.29 is 36.3 Å². The Balaban J connectivity index is -0.0000000104. The summed E-state index contributed by atoms with van der Waals surface area (Å²) < 4.78 is 0. The third-order valence-electron chi connectivity index (χ3n) is 0. The van der Waals surface area contributed by atoms with E-state index in [1.54, 1.807) is 0 Å². The predicted molar refractivity (Wildman–Crippen MR) is 51.2 cm³/mol. The van der Waals surface area contributed by atoms with Gasteiger partial charge in [-0.1, -0.05) is 0 Å². The van der Waals surface area contributed by atoms with Crippen LogP contribution in [-0.2, 0) is 21.1 Å². The first kappa shape index (κ1) is 59.4. The molecule has 0 saturated carbocycles. The van der Waals surface area contributed by atoms with Gasteiger partial charge in [-0.15, -0.1) is 0 Å². The van der Waals surface area contributed by atoms with Crippen LogP contribution >= 0.6 is 0 Å². The van der Waals surface area contributed by atoms with Gasteiger partial charge in [0, 0.05) is 21.1 Å². The average molecular weight is 449 g/mol. The van der Waals surface area contributed by atoms with E-state index in [-0.39, 0.29) is 45.7 Å². The topological polar surface area (TPSA) is 339 Å². The van der Waals surface area contributed by atoms with Crippen LogP contribution in [0.5, 0.6) is 0 Å². The monoisotopic (exact) mass is 449 g/mol. The van der Waals surface area contributed by atoms with Gasteiger partial charge in [-0.05, 0) is 0 Å². The third kappa shape index (κ3) is 593. The molecule has 0 aliphatic carbocycles. The molecule has 16 nitrogen and oxygen atoms in total. The minimum absolute atomic E-state index is 0. The van der Waals surface area contributed by atoms with E-state index in [2.05, 4.69) is 0 Å². The number of rotatable bonds is 0. The predicted octanol–water partition coefficient (Wildman–Crippen LogP) is -0.0718. The van der Waals surface area contributed by atoms with Crippen molar-refractivity contribution in [3.8, 4) is 0 Å². The van der Waals surface area contributed by atoms with Crippen LogP contribution in [0.4, 0.5) is 0 Å². The second-order valence-electron chi connectivity index (χ2n) is 0.671. The zero-order chi connectivity index (χ0) is 10.7. The van der Waals surface area contributed by atoms with E-state index >= 15 is 0 Å². The molecule has 0 spiro atoms. The van der Waals surface area contributed by atoms with Gasteiger partial charge >= 0.3 is 0 Å². The second kappa shape index (κ2) is 47.9. The SMILES string of the molecule is N.N.N.N.O=[N+]([O-])[O-].O=[N+]([O-])[O-].O=[N+]([O-])[O-].[Pt]. The van der Waals surface area contributed by atoms with Crippen molar-refractivity contribution in [2.75, 3.05) is 0 Å². The Morgan fingerprint density at radius 2 is 0.471 bits per heavy atom. The van der Waals surface area contributed by atoms with E-state index < -0.39 is 15.3 Å². The molecule has 0 saturated heterocycles. The fraction of sp³-hybridized carbons (Fsp3) is 0. The summed E-state index contributed by atoms with van der Waals surface area (Å²) in [6, 6.07) is 0. The maximum Gasteiger partial charge on any atom is 0.0689 e. The Morgan fingerprint density at radius 3 is 0.471 bits per heavy atom. The van der Waals surface area contributed by atoms with Gasteiger partial charge < -0.3 is 70.6 Å². The molecule has 0 aromatic carbocycles. The van der Waals surface area contributed by atoms with Crippen LogP contribution in [0.25, 0.3) is 0 Å². The van der Waals surface area contributed by atoms with Crippen molar-refractivity contribution in [1.29, 1.82) is 0 Å². The summed E-state index contributed by atoms with van der Waals surface area (Å²) in [5.74, 6) is 0. The van der Waals surface area contributed by atoms with Crippen LogP contribution < -0.4 is 24.6 Å². The summed E-state index contributed by atoms with van der Waals surface area (Å²) in [4.78, 5) is 24.8. The maximum absolute atomic E-state index is 8.25. The molecule has 0 aliphatic rings. The molecule has 0 heterocycles. The summed E-state index contributed by atoms with van der Waals surface area (Å²) in [7, 11) is 0. The van der Waals surface area contributed by atoms with Gasteiger partial charge in [0.15, 0.2) is 0 Å². The standard InChI is InChI=1S/3NO3.4H3N.Pt/c3*2-1(3)4;;;;;/h;;;4*1H3;/q3*-1;;;;;. The molecule has 0 aromatic rings. The van der Waals surface area contributed by atoms with Crippen molar-refractivity contribution in [2.45, 2.75) is 0 Å². The fourth-order valence-electron chi connectivity index (χ4n) is 0. The van der Waals surface area contributed by atoms with Gasteiger partial charge in [-0.3, -0.25) is 0 Å². The van der Waals surface area contributed by atoms with Gasteiger partial charge in [0.1, 0.15) is 0 Å². The maximum atomic E-state index is 8.25. The molecule has 0 unspecified atom stereocenters. The summed E-state index contributed by atoms with van der Waals surface area (Å²) in [5.41, 5.74) is 0. The zero-order valence-corrected chi connectivity index (χ0v) is 10.4. The van der Waals surface area contributed by atoms with Crippen LogP contribution in [0.2, 0.25) is 0 Å². The molecule has 114 valence electrons. The van der Waals surface area contributed by atoms with Gasteiger partial charge in [0.25, 0.3) is 0 Å². The molecule has 0 radical (unpaired) electrons. The molecular weight excluding hydrogens is 437 g/mol. The smallest absolute Gasteiger partial charge is 0.0689 e. The first-order valence-corrected chi connectivity index (χ1v) is 1.64. The first-order chi connectivity index (χ1) is 5.20. The van der Waals surface area contributed by atoms with Gasteiger partial charge in [-0.2, -0.15) is 0 Å². The molecular formula is H12N7O9Pt-3. The van der Waals surface area contributed by atoms with Gasteiger partial charge in [-0.25, -0.2) is 0 Å². The molecule has 0 amide bonds. The van der Waals surface area contributed by atoms with E-state index in [0.29, 0.717) is 0 Å². The Bertz CT molecular complexity index is 119. The van der Waals surface area contributed by atoms with Crippen LogP contribution in [0.15, 0.2) is 0 Å². The minimum atomic E-state index is -1.75. The van der Waals surface area contributed by atoms with Crippen molar-refractivity contribution in [3.63, 3.8) is 0 Å². The van der Waals surface area contributed by atoms with Crippen LogP contribution in [0, 0.1) is 46.0 Å². The Morgan fingerprint density at radius 1 is 0.471 bits per heavy atom. The molecule has 0 rings (SSSR count). The summed E-state index contributed by atoms with van der Waals surface area (Å²) in [6.07, 6.45) is 0. The molecule has 17 heteroatoms. The van der Waals surface area contributed by atoms with Crippen molar-refractivity contribution in [2.24, 2.45) is 0 Å². The van der Waals surface area contributed by atoms with E-state index in [4.69, 9.17) is 46.0 Å². The fourth-order valence-corrected chi connectivity index (χ4v) is 0.